The highest BCUT2D eigenvalue weighted by Gasteiger charge is 2.17. The van der Waals surface area contributed by atoms with E-state index in [9.17, 15) is 9.18 Å². The van der Waals surface area contributed by atoms with Gasteiger partial charge >= 0.3 is 0 Å². The lowest BCUT2D eigenvalue weighted by Crippen LogP contribution is -2.29. The Hall–Kier alpha value is -2.61. The van der Waals surface area contributed by atoms with E-state index in [0.717, 1.165) is 16.8 Å². The molecule has 0 aliphatic heterocycles. The van der Waals surface area contributed by atoms with Crippen LogP contribution in [0.1, 0.15) is 39.9 Å². The molecule has 3 aromatic heterocycles. The zero-order valence-electron chi connectivity index (χ0n) is 14.7. The Balaban J connectivity index is 1.73. The van der Waals surface area contributed by atoms with Gasteiger partial charge in [0.1, 0.15) is 22.1 Å². The van der Waals surface area contributed by atoms with Crippen LogP contribution in [0.15, 0.2) is 29.0 Å². The van der Waals surface area contributed by atoms with E-state index < -0.39 is 5.82 Å². The smallest absolute Gasteiger partial charge is 0.263 e. The summed E-state index contributed by atoms with van der Waals surface area (Å²) in [6.45, 7) is 5.66. The first-order valence-electron chi connectivity index (χ1n) is 8.26. The molecular formula is C18H19FN4O2S. The average Bonchev–Trinajstić information content (AvgIpc) is 3.20. The minimum atomic E-state index is -0.398. The third kappa shape index (κ3) is 4.13. The number of carbonyl (C=O) groups excluding carboxylic acids is 1. The van der Waals surface area contributed by atoms with E-state index in [4.69, 9.17) is 4.52 Å². The SMILES string of the molecule is Cc1onc(-c2ccc(F)cn2)c1CCc1ncc(C(=O)NC(C)C)s1. The lowest BCUT2D eigenvalue weighted by Gasteiger charge is -2.05. The maximum Gasteiger partial charge on any atom is 0.263 e. The lowest BCUT2D eigenvalue weighted by molar-refractivity contribution is 0.0947. The molecule has 0 aliphatic carbocycles. The molecule has 0 saturated carbocycles. The molecule has 0 aromatic carbocycles. The van der Waals surface area contributed by atoms with Gasteiger partial charge in [-0.2, -0.15) is 0 Å². The van der Waals surface area contributed by atoms with E-state index in [-0.39, 0.29) is 11.9 Å². The van der Waals surface area contributed by atoms with Crippen molar-refractivity contribution in [1.82, 2.24) is 20.4 Å². The van der Waals surface area contributed by atoms with E-state index in [0.29, 0.717) is 34.9 Å². The van der Waals surface area contributed by atoms with Crippen molar-refractivity contribution in [3.63, 3.8) is 0 Å². The van der Waals surface area contributed by atoms with Gasteiger partial charge in [-0.05, 0) is 39.3 Å². The number of amides is 1. The first-order valence-corrected chi connectivity index (χ1v) is 9.08. The number of aryl methyl sites for hydroxylation is 2. The highest BCUT2D eigenvalue weighted by molar-refractivity contribution is 7.13. The third-order valence-electron chi connectivity index (χ3n) is 3.74. The molecule has 0 saturated heterocycles. The summed E-state index contributed by atoms with van der Waals surface area (Å²) in [4.78, 5) is 21.0. The summed E-state index contributed by atoms with van der Waals surface area (Å²) in [5, 5.41) is 7.77. The van der Waals surface area contributed by atoms with E-state index >= 15 is 0 Å². The standard InChI is InChI=1S/C18H19FN4O2S/c1-10(2)22-18(24)15-9-21-16(26-15)7-5-13-11(3)25-23-17(13)14-6-4-12(19)8-20-14/h4,6,8-10H,5,7H2,1-3H3,(H,22,24). The van der Waals surface area contributed by atoms with Crippen molar-refractivity contribution >= 4 is 17.2 Å². The molecule has 3 heterocycles. The highest BCUT2D eigenvalue weighted by atomic mass is 32.1. The molecule has 3 aromatic rings. The number of pyridine rings is 1. The van der Waals surface area contributed by atoms with Gasteiger partial charge in [-0.1, -0.05) is 5.16 Å². The third-order valence-corrected chi connectivity index (χ3v) is 4.80. The summed E-state index contributed by atoms with van der Waals surface area (Å²) < 4.78 is 18.4. The molecule has 0 unspecified atom stereocenters. The zero-order valence-corrected chi connectivity index (χ0v) is 15.6. The Morgan fingerprint density at radius 3 is 2.77 bits per heavy atom. The molecule has 0 atom stereocenters. The van der Waals surface area contributed by atoms with Crippen LogP contribution in [0, 0.1) is 12.7 Å². The first kappa shape index (κ1) is 18.2. The molecule has 26 heavy (non-hydrogen) atoms. The second kappa shape index (κ2) is 7.74. The fourth-order valence-electron chi connectivity index (χ4n) is 2.50. The number of thiazole rings is 1. The monoisotopic (exact) mass is 374 g/mol. The van der Waals surface area contributed by atoms with Gasteiger partial charge in [0.15, 0.2) is 0 Å². The molecule has 0 aliphatic rings. The van der Waals surface area contributed by atoms with Crippen molar-refractivity contribution in [2.45, 2.75) is 39.7 Å². The Morgan fingerprint density at radius 2 is 2.08 bits per heavy atom. The summed E-state index contributed by atoms with van der Waals surface area (Å²) in [6, 6.07) is 3.00. The van der Waals surface area contributed by atoms with Crippen LogP contribution in [0.5, 0.6) is 0 Å². The number of aromatic nitrogens is 3. The number of rotatable bonds is 6. The van der Waals surface area contributed by atoms with Gasteiger partial charge in [0.25, 0.3) is 5.91 Å². The minimum absolute atomic E-state index is 0.0819. The van der Waals surface area contributed by atoms with E-state index in [1.165, 1.54) is 17.4 Å². The minimum Gasteiger partial charge on any atom is -0.361 e. The summed E-state index contributed by atoms with van der Waals surface area (Å²) in [5.41, 5.74) is 2.08. The van der Waals surface area contributed by atoms with Crippen molar-refractivity contribution in [2.24, 2.45) is 0 Å². The van der Waals surface area contributed by atoms with Crippen molar-refractivity contribution in [2.75, 3.05) is 0 Å². The van der Waals surface area contributed by atoms with Gasteiger partial charge in [0, 0.05) is 18.0 Å². The van der Waals surface area contributed by atoms with Crippen LogP contribution in [0.3, 0.4) is 0 Å². The molecule has 0 spiro atoms. The van der Waals surface area contributed by atoms with Gasteiger partial charge in [0.05, 0.1) is 23.1 Å². The first-order chi connectivity index (χ1) is 12.4. The number of hydrogen-bond donors (Lipinski definition) is 1. The maximum absolute atomic E-state index is 13.1. The maximum atomic E-state index is 13.1. The summed E-state index contributed by atoms with van der Waals surface area (Å²) in [6.07, 6.45) is 4.04. The van der Waals surface area contributed by atoms with E-state index in [1.807, 2.05) is 20.8 Å². The zero-order chi connectivity index (χ0) is 18.7. The summed E-state index contributed by atoms with van der Waals surface area (Å²) >= 11 is 1.37. The second-order valence-corrected chi connectivity index (χ2v) is 7.29. The number of carbonyl (C=O) groups is 1. The van der Waals surface area contributed by atoms with Crippen LogP contribution in [0.25, 0.3) is 11.4 Å². The fraction of sp³-hybridized carbons (Fsp3) is 0.333. The Kier molecular flexibility index (Phi) is 5.41. The Morgan fingerprint density at radius 1 is 1.27 bits per heavy atom. The molecule has 1 N–H and O–H groups in total. The molecule has 1 amide bonds. The largest absolute Gasteiger partial charge is 0.361 e. The molecule has 0 radical (unpaired) electrons. The highest BCUT2D eigenvalue weighted by Crippen LogP contribution is 2.26. The number of nitrogens with one attached hydrogen (secondary N) is 1. The van der Waals surface area contributed by atoms with Crippen molar-refractivity contribution in [3.8, 4) is 11.4 Å². The van der Waals surface area contributed by atoms with Crippen LogP contribution in [-0.2, 0) is 12.8 Å². The van der Waals surface area contributed by atoms with Gasteiger partial charge < -0.3 is 9.84 Å². The summed E-state index contributed by atoms with van der Waals surface area (Å²) in [5.74, 6) is 0.187. The van der Waals surface area contributed by atoms with Gasteiger partial charge in [-0.25, -0.2) is 9.37 Å². The predicted molar refractivity (Wildman–Crippen MR) is 96.6 cm³/mol. The molecule has 3 rings (SSSR count). The molecule has 6 nitrogen and oxygen atoms in total. The molecule has 0 fully saturated rings. The Bertz CT molecular complexity index is 902. The Labute approximate surface area is 154 Å². The van der Waals surface area contributed by atoms with Gasteiger partial charge in [-0.15, -0.1) is 11.3 Å². The van der Waals surface area contributed by atoms with Crippen LogP contribution >= 0.6 is 11.3 Å². The van der Waals surface area contributed by atoms with E-state index in [2.05, 4.69) is 20.4 Å². The quantitative estimate of drug-likeness (QED) is 0.713. The van der Waals surface area contributed by atoms with Crippen LogP contribution in [0.4, 0.5) is 4.39 Å². The van der Waals surface area contributed by atoms with Crippen molar-refractivity contribution in [1.29, 1.82) is 0 Å². The summed E-state index contributed by atoms with van der Waals surface area (Å²) in [7, 11) is 0. The molecule has 8 heteroatoms. The topological polar surface area (TPSA) is 80.9 Å². The van der Waals surface area contributed by atoms with Gasteiger partial charge in [-0.3, -0.25) is 9.78 Å². The molecular weight excluding hydrogens is 355 g/mol. The van der Waals surface area contributed by atoms with Crippen LogP contribution in [0.2, 0.25) is 0 Å². The van der Waals surface area contributed by atoms with Crippen molar-refractivity contribution in [3.05, 3.63) is 51.6 Å². The molecule has 0 bridgehead atoms. The number of nitrogens with zero attached hydrogens (tertiary/aromatic N) is 3. The van der Waals surface area contributed by atoms with Crippen LogP contribution < -0.4 is 5.32 Å². The number of hydrogen-bond acceptors (Lipinski definition) is 6. The second-order valence-electron chi connectivity index (χ2n) is 6.17. The lowest BCUT2D eigenvalue weighted by atomic mass is 10.1. The van der Waals surface area contributed by atoms with Crippen molar-refractivity contribution < 1.29 is 13.7 Å². The normalized spacial score (nSPS) is 11.1. The van der Waals surface area contributed by atoms with Gasteiger partial charge in [0.2, 0.25) is 0 Å². The van der Waals surface area contributed by atoms with Crippen LogP contribution in [-0.4, -0.2) is 27.1 Å². The predicted octanol–water partition coefficient (Wildman–Crippen LogP) is 3.56. The average molecular weight is 374 g/mol. The molecule has 136 valence electrons. The fourth-order valence-corrected chi connectivity index (χ4v) is 3.32. The van der Waals surface area contributed by atoms with E-state index in [1.54, 1.807) is 12.3 Å². The number of halogens is 1.